The minimum absolute atomic E-state index is 0.0477. The Hall–Kier alpha value is -0.160. The molecule has 1 heterocycles. The minimum atomic E-state index is -0.0477. The second-order valence-corrected chi connectivity index (χ2v) is 7.10. The summed E-state index contributed by atoms with van der Waals surface area (Å²) in [6.07, 6.45) is 1.06. The second kappa shape index (κ2) is 5.65. The van der Waals surface area contributed by atoms with Crippen LogP contribution in [0.1, 0.15) is 29.0 Å². The number of nitrogens with two attached hydrogens (primary N) is 1. The first-order chi connectivity index (χ1) is 8.11. The van der Waals surface area contributed by atoms with E-state index < -0.39 is 0 Å². The molecular weight excluding hydrogens is 362 g/mol. The molecule has 4 heteroatoms. The van der Waals surface area contributed by atoms with Crippen LogP contribution in [-0.4, -0.2) is 0 Å². The largest absolute Gasteiger partial charge is 0.320 e. The van der Waals surface area contributed by atoms with Gasteiger partial charge in [0.2, 0.25) is 0 Å². The van der Waals surface area contributed by atoms with Crippen molar-refractivity contribution >= 4 is 43.2 Å². The van der Waals surface area contributed by atoms with Crippen LogP contribution >= 0.6 is 43.2 Å². The van der Waals surface area contributed by atoms with E-state index in [0.29, 0.717) is 0 Å². The molecule has 90 valence electrons. The molecule has 2 N–H and O–H groups in total. The van der Waals surface area contributed by atoms with Crippen molar-refractivity contribution in [1.82, 2.24) is 0 Å². The number of rotatable bonds is 3. The molecule has 0 aliphatic heterocycles. The van der Waals surface area contributed by atoms with Gasteiger partial charge in [0.05, 0.1) is 9.83 Å². The van der Waals surface area contributed by atoms with Crippen LogP contribution in [0.2, 0.25) is 0 Å². The molecule has 0 spiro atoms. The first-order valence-electron chi connectivity index (χ1n) is 5.41. The van der Waals surface area contributed by atoms with Crippen LogP contribution in [0.3, 0.4) is 0 Å². The van der Waals surface area contributed by atoms with E-state index in [0.717, 1.165) is 25.1 Å². The lowest BCUT2D eigenvalue weighted by Gasteiger charge is -2.10. The van der Waals surface area contributed by atoms with Gasteiger partial charge in [0.1, 0.15) is 0 Å². The number of benzene rings is 1. The van der Waals surface area contributed by atoms with Crippen molar-refractivity contribution < 1.29 is 0 Å². The summed E-state index contributed by atoms with van der Waals surface area (Å²) in [6, 6.07) is 10.6. The third kappa shape index (κ3) is 2.99. The third-order valence-corrected chi connectivity index (χ3v) is 6.06. The maximum absolute atomic E-state index is 6.26. The Morgan fingerprint density at radius 1 is 1.24 bits per heavy atom. The Morgan fingerprint density at radius 3 is 2.35 bits per heavy atom. The molecule has 0 fully saturated rings. The highest BCUT2D eigenvalue weighted by Gasteiger charge is 2.13. The molecule has 1 aromatic heterocycles. The fourth-order valence-corrected chi connectivity index (χ4v) is 3.76. The Balaban J connectivity index is 2.26. The van der Waals surface area contributed by atoms with Gasteiger partial charge < -0.3 is 5.73 Å². The van der Waals surface area contributed by atoms with E-state index in [2.05, 4.69) is 69.1 Å². The van der Waals surface area contributed by atoms with Gasteiger partial charge in [0, 0.05) is 9.35 Å². The zero-order valence-corrected chi connectivity index (χ0v) is 13.4. The maximum atomic E-state index is 6.26. The zero-order chi connectivity index (χ0) is 12.4. The highest BCUT2D eigenvalue weighted by molar-refractivity contribution is 9.13. The average Bonchev–Trinajstić information content (AvgIpc) is 2.69. The summed E-state index contributed by atoms with van der Waals surface area (Å²) >= 11 is 8.66. The molecule has 0 saturated heterocycles. The second-order valence-electron chi connectivity index (χ2n) is 3.84. The van der Waals surface area contributed by atoms with Crippen molar-refractivity contribution in [3.05, 3.63) is 54.6 Å². The molecule has 17 heavy (non-hydrogen) atoms. The van der Waals surface area contributed by atoms with Crippen LogP contribution in [0.15, 0.2) is 38.6 Å². The molecule has 0 radical (unpaired) electrons. The highest BCUT2D eigenvalue weighted by Crippen LogP contribution is 2.36. The minimum Gasteiger partial charge on any atom is -0.320 e. The van der Waals surface area contributed by atoms with Crippen LogP contribution in [0.25, 0.3) is 0 Å². The molecule has 0 aliphatic carbocycles. The van der Waals surface area contributed by atoms with E-state index in [1.165, 1.54) is 5.56 Å². The van der Waals surface area contributed by atoms with Gasteiger partial charge in [0.15, 0.2) is 0 Å². The molecule has 2 rings (SSSR count). The van der Waals surface area contributed by atoms with Gasteiger partial charge in [-0.15, -0.1) is 11.3 Å². The molecule has 1 atom stereocenters. The van der Waals surface area contributed by atoms with E-state index in [9.17, 15) is 0 Å². The quantitative estimate of drug-likeness (QED) is 0.813. The summed E-state index contributed by atoms with van der Waals surface area (Å²) < 4.78 is 2.16. The van der Waals surface area contributed by atoms with E-state index >= 15 is 0 Å². The molecular formula is C13H13Br2NS. The normalized spacial score (nSPS) is 12.7. The van der Waals surface area contributed by atoms with Gasteiger partial charge in [-0.05, 0) is 55.5 Å². The SMILES string of the molecule is CCc1ccc(C(N)c2cc(Br)c(Br)s2)cc1. The van der Waals surface area contributed by atoms with E-state index in [1.807, 2.05) is 0 Å². The van der Waals surface area contributed by atoms with Gasteiger partial charge in [-0.3, -0.25) is 0 Å². The van der Waals surface area contributed by atoms with Gasteiger partial charge >= 0.3 is 0 Å². The first kappa shape index (κ1) is 13.3. The summed E-state index contributed by atoms with van der Waals surface area (Å²) in [7, 11) is 0. The van der Waals surface area contributed by atoms with Crippen LogP contribution < -0.4 is 5.73 Å². The number of aryl methyl sites for hydroxylation is 1. The first-order valence-corrected chi connectivity index (χ1v) is 7.81. The summed E-state index contributed by atoms with van der Waals surface area (Å²) in [5.41, 5.74) is 8.76. The Bertz CT molecular complexity index is 485. The molecule has 1 aromatic carbocycles. The fourth-order valence-electron chi connectivity index (χ4n) is 1.64. The van der Waals surface area contributed by atoms with E-state index in [-0.39, 0.29) is 6.04 Å². The number of hydrogen-bond donors (Lipinski definition) is 1. The molecule has 0 aliphatic rings. The molecule has 0 amide bonds. The Labute approximate surface area is 122 Å². The zero-order valence-electron chi connectivity index (χ0n) is 9.41. The van der Waals surface area contributed by atoms with Gasteiger partial charge in [-0.1, -0.05) is 31.2 Å². The summed E-state index contributed by atoms with van der Waals surface area (Å²) in [5.74, 6) is 0. The molecule has 1 unspecified atom stereocenters. The number of halogens is 2. The van der Waals surface area contributed by atoms with E-state index in [4.69, 9.17) is 5.73 Å². The topological polar surface area (TPSA) is 26.0 Å². The van der Waals surface area contributed by atoms with Crippen molar-refractivity contribution in [3.8, 4) is 0 Å². The smallest absolute Gasteiger partial charge is 0.0843 e. The van der Waals surface area contributed by atoms with Crippen molar-refractivity contribution in [1.29, 1.82) is 0 Å². The van der Waals surface area contributed by atoms with Crippen molar-refractivity contribution in [2.45, 2.75) is 19.4 Å². The van der Waals surface area contributed by atoms with Crippen LogP contribution in [0.5, 0.6) is 0 Å². The molecule has 1 nitrogen and oxygen atoms in total. The summed E-state index contributed by atoms with van der Waals surface area (Å²) in [6.45, 7) is 2.16. The predicted octanol–water partition coefficient (Wildman–Crippen LogP) is 4.88. The Morgan fingerprint density at radius 2 is 1.88 bits per heavy atom. The average molecular weight is 375 g/mol. The fraction of sp³-hybridized carbons (Fsp3) is 0.231. The van der Waals surface area contributed by atoms with Crippen molar-refractivity contribution in [3.63, 3.8) is 0 Å². The lowest BCUT2D eigenvalue weighted by Crippen LogP contribution is -2.09. The van der Waals surface area contributed by atoms with Crippen molar-refractivity contribution in [2.24, 2.45) is 5.73 Å². The molecule has 2 aromatic rings. The lowest BCUT2D eigenvalue weighted by molar-refractivity contribution is 0.891. The van der Waals surface area contributed by atoms with Crippen LogP contribution in [-0.2, 0) is 6.42 Å². The molecule has 0 saturated carbocycles. The molecule has 0 bridgehead atoms. The predicted molar refractivity (Wildman–Crippen MR) is 81.6 cm³/mol. The summed E-state index contributed by atoms with van der Waals surface area (Å²) in [4.78, 5) is 1.16. The van der Waals surface area contributed by atoms with Crippen molar-refractivity contribution in [2.75, 3.05) is 0 Å². The van der Waals surface area contributed by atoms with Crippen LogP contribution in [0.4, 0.5) is 0 Å². The number of hydrogen-bond acceptors (Lipinski definition) is 2. The van der Waals surface area contributed by atoms with Crippen LogP contribution in [0, 0.1) is 0 Å². The van der Waals surface area contributed by atoms with E-state index in [1.54, 1.807) is 11.3 Å². The summed E-state index contributed by atoms with van der Waals surface area (Å²) in [5, 5.41) is 0. The Kier molecular flexibility index (Phi) is 4.42. The maximum Gasteiger partial charge on any atom is 0.0843 e. The lowest BCUT2D eigenvalue weighted by atomic mass is 10.0. The third-order valence-electron chi connectivity index (χ3n) is 2.72. The van der Waals surface area contributed by atoms with Gasteiger partial charge in [-0.2, -0.15) is 0 Å². The van der Waals surface area contributed by atoms with Gasteiger partial charge in [-0.25, -0.2) is 0 Å². The standard InChI is InChI=1S/C13H13Br2NS/c1-2-8-3-5-9(6-4-8)12(16)11-7-10(14)13(15)17-11/h3-7,12H,2,16H2,1H3. The highest BCUT2D eigenvalue weighted by atomic mass is 79.9. The monoisotopic (exact) mass is 373 g/mol. The van der Waals surface area contributed by atoms with Gasteiger partial charge in [0.25, 0.3) is 0 Å². The number of thiophene rings is 1.